The fourth-order valence-electron chi connectivity index (χ4n) is 3.90. The van der Waals surface area contributed by atoms with Gasteiger partial charge in [-0.25, -0.2) is 0 Å². The second kappa shape index (κ2) is 5.89. The van der Waals surface area contributed by atoms with Crippen LogP contribution in [0.4, 0.5) is 0 Å². The van der Waals surface area contributed by atoms with Gasteiger partial charge in [-0.05, 0) is 25.7 Å². The quantitative estimate of drug-likeness (QED) is 0.815. The lowest BCUT2D eigenvalue weighted by Gasteiger charge is -2.53. The Hall–Kier alpha value is -0.120. The van der Waals surface area contributed by atoms with Gasteiger partial charge in [-0.2, -0.15) is 0 Å². The van der Waals surface area contributed by atoms with Crippen molar-refractivity contribution in [3.8, 4) is 0 Å². The molecule has 1 saturated heterocycles. The number of rotatable bonds is 5. The second-order valence-electron chi connectivity index (χ2n) is 6.19. The fraction of sp³-hybridized carbons (Fsp3) is 1.00. The van der Waals surface area contributed by atoms with Gasteiger partial charge in [0.25, 0.3) is 0 Å². The van der Waals surface area contributed by atoms with E-state index in [1.54, 1.807) is 0 Å². The zero-order valence-corrected chi connectivity index (χ0v) is 12.4. The highest BCUT2D eigenvalue weighted by atomic mass is 16.5. The lowest BCUT2D eigenvalue weighted by atomic mass is 9.82. The van der Waals surface area contributed by atoms with E-state index in [1.807, 2.05) is 7.11 Å². The molecule has 1 aliphatic carbocycles. The van der Waals surface area contributed by atoms with E-state index in [0.717, 1.165) is 19.7 Å². The highest BCUT2D eigenvalue weighted by Gasteiger charge is 2.46. The molecular weight excluding hydrogens is 224 g/mol. The lowest BCUT2D eigenvalue weighted by molar-refractivity contribution is -0.0142. The van der Waals surface area contributed by atoms with Crippen LogP contribution in [0.25, 0.3) is 0 Å². The molecule has 0 atom stereocenters. The van der Waals surface area contributed by atoms with Gasteiger partial charge >= 0.3 is 0 Å². The van der Waals surface area contributed by atoms with Crippen LogP contribution in [0.5, 0.6) is 0 Å². The molecule has 2 aliphatic rings. The van der Waals surface area contributed by atoms with Crippen molar-refractivity contribution in [1.29, 1.82) is 0 Å². The van der Waals surface area contributed by atoms with Gasteiger partial charge in [0, 0.05) is 37.8 Å². The predicted molar refractivity (Wildman–Crippen MR) is 76.0 cm³/mol. The van der Waals surface area contributed by atoms with Crippen LogP contribution in [0, 0.1) is 0 Å². The smallest absolute Gasteiger partial charge is 0.0589 e. The molecule has 0 aromatic carbocycles. The van der Waals surface area contributed by atoms with Crippen molar-refractivity contribution in [2.45, 2.75) is 63.5 Å². The first-order chi connectivity index (χ1) is 8.70. The molecular formula is C15H30N2O. The average molecular weight is 254 g/mol. The van der Waals surface area contributed by atoms with E-state index in [0.29, 0.717) is 11.1 Å². The molecule has 1 spiro atoms. The van der Waals surface area contributed by atoms with Gasteiger partial charge in [0.2, 0.25) is 0 Å². The van der Waals surface area contributed by atoms with Gasteiger partial charge in [0.05, 0.1) is 6.61 Å². The minimum absolute atomic E-state index is 0.354. The largest absolute Gasteiger partial charge is 0.383 e. The van der Waals surface area contributed by atoms with Crippen LogP contribution < -0.4 is 5.32 Å². The van der Waals surface area contributed by atoms with Crippen LogP contribution in [0.15, 0.2) is 0 Å². The van der Waals surface area contributed by atoms with Crippen LogP contribution in [-0.2, 0) is 4.74 Å². The summed E-state index contributed by atoms with van der Waals surface area (Å²) >= 11 is 0. The summed E-state index contributed by atoms with van der Waals surface area (Å²) in [4.78, 5) is 2.72. The van der Waals surface area contributed by atoms with Gasteiger partial charge in [0.15, 0.2) is 0 Å². The Bertz CT molecular complexity index is 257. The fourth-order valence-corrected chi connectivity index (χ4v) is 3.90. The van der Waals surface area contributed by atoms with Crippen molar-refractivity contribution in [2.75, 3.05) is 33.4 Å². The first kappa shape index (κ1) is 14.3. The van der Waals surface area contributed by atoms with Crippen LogP contribution >= 0.6 is 0 Å². The molecule has 3 heteroatoms. The summed E-state index contributed by atoms with van der Waals surface area (Å²) < 4.78 is 5.32. The molecule has 0 unspecified atom stereocenters. The third kappa shape index (κ3) is 2.59. The lowest BCUT2D eigenvalue weighted by Crippen LogP contribution is -2.69. The molecule has 18 heavy (non-hydrogen) atoms. The van der Waals surface area contributed by atoms with Crippen LogP contribution in [0.3, 0.4) is 0 Å². The highest BCUT2D eigenvalue weighted by Crippen LogP contribution is 2.37. The van der Waals surface area contributed by atoms with Crippen molar-refractivity contribution >= 4 is 0 Å². The Kier molecular flexibility index (Phi) is 4.68. The predicted octanol–water partition coefficient (Wildman–Crippen LogP) is 2.41. The van der Waals surface area contributed by atoms with Gasteiger partial charge in [-0.3, -0.25) is 4.90 Å². The minimum Gasteiger partial charge on any atom is -0.383 e. The third-order valence-corrected chi connectivity index (χ3v) is 5.40. The number of hydrogen-bond acceptors (Lipinski definition) is 3. The Labute approximate surface area is 112 Å². The van der Waals surface area contributed by atoms with Crippen molar-refractivity contribution in [2.24, 2.45) is 0 Å². The Balaban J connectivity index is 2.09. The average Bonchev–Trinajstić information content (AvgIpc) is 2.86. The van der Waals surface area contributed by atoms with Gasteiger partial charge in [-0.15, -0.1) is 0 Å². The normalized spacial score (nSPS) is 26.8. The zero-order valence-electron chi connectivity index (χ0n) is 12.4. The van der Waals surface area contributed by atoms with E-state index in [4.69, 9.17) is 4.74 Å². The number of nitrogens with one attached hydrogen (secondary N) is 1. The Morgan fingerprint density at radius 3 is 2.39 bits per heavy atom. The molecule has 0 bridgehead atoms. The summed E-state index contributed by atoms with van der Waals surface area (Å²) in [5.41, 5.74) is 0.772. The number of hydrogen-bond donors (Lipinski definition) is 1. The SMILES string of the molecule is CCC1(CC)CNC2(CCCC2)CN1CCOC. The molecule has 1 saturated carbocycles. The molecule has 106 valence electrons. The van der Waals surface area contributed by atoms with E-state index in [1.165, 1.54) is 45.1 Å². The first-order valence-corrected chi connectivity index (χ1v) is 7.69. The Morgan fingerprint density at radius 1 is 1.17 bits per heavy atom. The molecule has 0 amide bonds. The van der Waals surface area contributed by atoms with Crippen molar-refractivity contribution < 1.29 is 4.74 Å². The van der Waals surface area contributed by atoms with E-state index in [9.17, 15) is 0 Å². The molecule has 2 rings (SSSR count). The summed E-state index contributed by atoms with van der Waals surface area (Å²) in [6, 6.07) is 0. The third-order valence-electron chi connectivity index (χ3n) is 5.40. The standard InChI is InChI=1S/C15H30N2O/c1-4-15(5-2)12-16-14(8-6-7-9-14)13-17(15)10-11-18-3/h16H,4-13H2,1-3H3. The molecule has 0 aromatic rings. The number of ether oxygens (including phenoxy) is 1. The zero-order chi connectivity index (χ0) is 13.1. The van der Waals surface area contributed by atoms with E-state index < -0.39 is 0 Å². The molecule has 3 nitrogen and oxygen atoms in total. The molecule has 2 fully saturated rings. The van der Waals surface area contributed by atoms with Crippen molar-refractivity contribution in [1.82, 2.24) is 10.2 Å². The van der Waals surface area contributed by atoms with Crippen LogP contribution in [0.1, 0.15) is 52.4 Å². The molecule has 0 radical (unpaired) electrons. The maximum atomic E-state index is 5.32. The summed E-state index contributed by atoms with van der Waals surface area (Å²) in [6.07, 6.45) is 7.99. The molecule has 1 N–H and O–H groups in total. The van der Waals surface area contributed by atoms with Crippen molar-refractivity contribution in [3.05, 3.63) is 0 Å². The van der Waals surface area contributed by atoms with Crippen molar-refractivity contribution in [3.63, 3.8) is 0 Å². The van der Waals surface area contributed by atoms with E-state index in [2.05, 4.69) is 24.1 Å². The summed E-state index contributed by atoms with van der Waals surface area (Å²) in [6.45, 7) is 8.98. The highest BCUT2D eigenvalue weighted by molar-refractivity contribution is 5.06. The van der Waals surface area contributed by atoms with E-state index >= 15 is 0 Å². The van der Waals surface area contributed by atoms with Gasteiger partial charge < -0.3 is 10.1 Å². The van der Waals surface area contributed by atoms with Crippen LogP contribution in [-0.4, -0.2) is 49.3 Å². The van der Waals surface area contributed by atoms with E-state index in [-0.39, 0.29) is 0 Å². The molecule has 1 heterocycles. The second-order valence-corrected chi connectivity index (χ2v) is 6.19. The maximum absolute atomic E-state index is 5.32. The molecule has 1 aliphatic heterocycles. The summed E-state index contributed by atoms with van der Waals surface area (Å²) in [5, 5.41) is 3.91. The first-order valence-electron chi connectivity index (χ1n) is 7.69. The summed E-state index contributed by atoms with van der Waals surface area (Å²) in [5.74, 6) is 0. The topological polar surface area (TPSA) is 24.5 Å². The maximum Gasteiger partial charge on any atom is 0.0589 e. The monoisotopic (exact) mass is 254 g/mol. The number of piperazine rings is 1. The number of nitrogens with zero attached hydrogens (tertiary/aromatic N) is 1. The minimum atomic E-state index is 0.354. The summed E-state index contributed by atoms with van der Waals surface area (Å²) in [7, 11) is 1.81. The number of methoxy groups -OCH3 is 1. The van der Waals surface area contributed by atoms with Gasteiger partial charge in [-0.1, -0.05) is 26.7 Å². The Morgan fingerprint density at radius 2 is 1.83 bits per heavy atom. The van der Waals surface area contributed by atoms with Gasteiger partial charge in [0.1, 0.15) is 0 Å². The molecule has 0 aromatic heterocycles. The van der Waals surface area contributed by atoms with Crippen LogP contribution in [0.2, 0.25) is 0 Å².